The lowest BCUT2D eigenvalue weighted by molar-refractivity contribution is 0.0179. The highest BCUT2D eigenvalue weighted by Crippen LogP contribution is 2.25. The number of aryl methyl sites for hydroxylation is 1. The molecule has 0 aliphatic heterocycles. The summed E-state index contributed by atoms with van der Waals surface area (Å²) >= 11 is 0. The summed E-state index contributed by atoms with van der Waals surface area (Å²) in [6.45, 7) is 7.74. The SMILES string of the molecule is CCCCCCCCCCCCCCCc1cc(OCCOCCOCCOC)cc(OCCN(CCO)CCO)c1. The molecule has 0 saturated carbocycles. The minimum Gasteiger partial charge on any atom is -0.492 e. The van der Waals surface area contributed by atoms with Gasteiger partial charge in [-0.25, -0.2) is 0 Å². The van der Waals surface area contributed by atoms with E-state index in [1.807, 2.05) is 11.0 Å². The lowest BCUT2D eigenvalue weighted by Gasteiger charge is -2.20. The highest BCUT2D eigenvalue weighted by Gasteiger charge is 2.07. The second-order valence-electron chi connectivity index (χ2n) is 11.0. The average Bonchev–Trinajstić information content (AvgIpc) is 2.99. The Balaban J connectivity index is 2.40. The molecule has 0 aliphatic rings. The smallest absolute Gasteiger partial charge is 0.123 e. The van der Waals surface area contributed by atoms with Crippen molar-refractivity contribution >= 4 is 0 Å². The summed E-state index contributed by atoms with van der Waals surface area (Å²) in [5, 5.41) is 18.5. The van der Waals surface area contributed by atoms with E-state index in [1.165, 1.54) is 82.6 Å². The van der Waals surface area contributed by atoms with Gasteiger partial charge in [0.25, 0.3) is 0 Å². The van der Waals surface area contributed by atoms with Crippen LogP contribution in [0, 0.1) is 0 Å². The Morgan fingerprint density at radius 3 is 1.55 bits per heavy atom. The van der Waals surface area contributed by atoms with E-state index < -0.39 is 0 Å². The number of methoxy groups -OCH3 is 1. The minimum atomic E-state index is 0.0634. The largest absolute Gasteiger partial charge is 0.492 e. The van der Waals surface area contributed by atoms with Crippen molar-refractivity contribution in [1.82, 2.24) is 4.90 Å². The first-order chi connectivity index (χ1) is 20.7. The van der Waals surface area contributed by atoms with Crippen LogP contribution in [0.3, 0.4) is 0 Å². The quantitative estimate of drug-likeness (QED) is 0.0972. The Labute approximate surface area is 257 Å². The first kappa shape index (κ1) is 38.6. The molecule has 0 aliphatic carbocycles. The van der Waals surface area contributed by atoms with E-state index in [1.54, 1.807) is 7.11 Å². The summed E-state index contributed by atoms with van der Waals surface area (Å²) in [5.41, 5.74) is 1.22. The van der Waals surface area contributed by atoms with Crippen molar-refractivity contribution in [1.29, 1.82) is 0 Å². The fraction of sp³-hybridized carbons (Fsp3) is 0.824. The van der Waals surface area contributed by atoms with E-state index in [-0.39, 0.29) is 13.2 Å². The summed E-state index contributed by atoms with van der Waals surface area (Å²) in [4.78, 5) is 1.99. The van der Waals surface area contributed by atoms with Gasteiger partial charge in [0.1, 0.15) is 24.7 Å². The number of aliphatic hydroxyl groups is 2. The topological polar surface area (TPSA) is 89.9 Å². The summed E-state index contributed by atoms with van der Waals surface area (Å²) < 4.78 is 28.1. The second-order valence-corrected chi connectivity index (χ2v) is 11.0. The molecule has 0 amide bonds. The van der Waals surface area contributed by atoms with Crippen LogP contribution in [0.1, 0.15) is 96.0 Å². The lowest BCUT2D eigenvalue weighted by atomic mass is 10.0. The summed E-state index contributed by atoms with van der Waals surface area (Å²) in [6.07, 6.45) is 18.5. The van der Waals surface area contributed by atoms with Gasteiger partial charge in [-0.3, -0.25) is 4.90 Å². The molecule has 0 atom stereocenters. The van der Waals surface area contributed by atoms with Gasteiger partial charge in [0, 0.05) is 32.8 Å². The predicted octanol–water partition coefficient (Wildman–Crippen LogP) is 6.04. The van der Waals surface area contributed by atoms with Crippen molar-refractivity contribution in [2.24, 2.45) is 0 Å². The van der Waals surface area contributed by atoms with Gasteiger partial charge in [0.15, 0.2) is 0 Å². The van der Waals surface area contributed by atoms with Crippen LogP contribution in [-0.2, 0) is 20.6 Å². The minimum absolute atomic E-state index is 0.0634. The van der Waals surface area contributed by atoms with E-state index in [9.17, 15) is 10.2 Å². The standard InChI is InChI=1S/C34H63NO7/c1-3-4-5-6-7-8-9-10-11-12-13-14-15-16-32-29-33(41-22-19-35(17-20-36)18-21-37)31-34(30-32)42-28-27-40-26-25-39-24-23-38-2/h29-31,36-37H,3-28H2,1-2H3. The highest BCUT2D eigenvalue weighted by molar-refractivity contribution is 5.38. The Morgan fingerprint density at radius 1 is 0.548 bits per heavy atom. The van der Waals surface area contributed by atoms with Gasteiger partial charge in [-0.05, 0) is 30.5 Å². The van der Waals surface area contributed by atoms with Crippen molar-refractivity contribution in [2.75, 3.05) is 86.2 Å². The average molecular weight is 598 g/mol. The third-order valence-electron chi connectivity index (χ3n) is 7.32. The molecule has 0 fully saturated rings. The third kappa shape index (κ3) is 23.1. The number of unbranched alkanes of at least 4 members (excludes halogenated alkanes) is 12. The van der Waals surface area contributed by atoms with Gasteiger partial charge in [-0.2, -0.15) is 0 Å². The van der Waals surface area contributed by atoms with Crippen molar-refractivity contribution < 1.29 is 33.9 Å². The molecule has 8 nitrogen and oxygen atoms in total. The number of nitrogens with zero attached hydrogens (tertiary/aromatic N) is 1. The molecule has 42 heavy (non-hydrogen) atoms. The number of benzene rings is 1. The molecule has 0 aromatic heterocycles. The van der Waals surface area contributed by atoms with Crippen molar-refractivity contribution in [3.63, 3.8) is 0 Å². The molecule has 8 heteroatoms. The van der Waals surface area contributed by atoms with E-state index in [4.69, 9.17) is 23.7 Å². The van der Waals surface area contributed by atoms with Gasteiger partial charge >= 0.3 is 0 Å². The molecule has 1 rings (SSSR count). The molecule has 0 bridgehead atoms. The molecule has 0 heterocycles. The maximum Gasteiger partial charge on any atom is 0.123 e. The zero-order chi connectivity index (χ0) is 30.4. The molecule has 0 spiro atoms. The van der Waals surface area contributed by atoms with Crippen LogP contribution in [0.4, 0.5) is 0 Å². The van der Waals surface area contributed by atoms with Crippen molar-refractivity contribution in [3.8, 4) is 11.5 Å². The molecule has 0 radical (unpaired) electrons. The maximum atomic E-state index is 9.25. The van der Waals surface area contributed by atoms with E-state index >= 15 is 0 Å². The van der Waals surface area contributed by atoms with Gasteiger partial charge in [0.05, 0.1) is 46.2 Å². The number of rotatable bonds is 32. The van der Waals surface area contributed by atoms with Crippen molar-refractivity contribution in [3.05, 3.63) is 23.8 Å². The molecule has 1 aromatic carbocycles. The Kier molecular flexibility index (Phi) is 27.2. The van der Waals surface area contributed by atoms with Gasteiger partial charge < -0.3 is 33.9 Å². The number of hydrogen-bond acceptors (Lipinski definition) is 8. The Hall–Kier alpha value is -1.42. The molecular weight excluding hydrogens is 534 g/mol. The first-order valence-electron chi connectivity index (χ1n) is 16.7. The van der Waals surface area contributed by atoms with Crippen LogP contribution in [0.5, 0.6) is 11.5 Å². The second kappa shape index (κ2) is 29.6. The summed E-state index contributed by atoms with van der Waals surface area (Å²) in [7, 11) is 1.66. The zero-order valence-electron chi connectivity index (χ0n) is 27.0. The van der Waals surface area contributed by atoms with Crippen LogP contribution in [0.2, 0.25) is 0 Å². The van der Waals surface area contributed by atoms with Crippen LogP contribution in [-0.4, -0.2) is 101 Å². The molecule has 2 N–H and O–H groups in total. The molecule has 246 valence electrons. The van der Waals surface area contributed by atoms with Gasteiger partial charge in [-0.15, -0.1) is 0 Å². The lowest BCUT2D eigenvalue weighted by Crippen LogP contribution is -2.33. The molecule has 0 unspecified atom stereocenters. The third-order valence-corrected chi connectivity index (χ3v) is 7.32. The number of ether oxygens (including phenoxy) is 5. The van der Waals surface area contributed by atoms with Gasteiger partial charge in [0.2, 0.25) is 0 Å². The predicted molar refractivity (Wildman–Crippen MR) is 171 cm³/mol. The first-order valence-corrected chi connectivity index (χ1v) is 16.7. The molecule has 0 saturated heterocycles. The molecular formula is C34H63NO7. The maximum absolute atomic E-state index is 9.25. The monoisotopic (exact) mass is 597 g/mol. The van der Waals surface area contributed by atoms with E-state index in [0.29, 0.717) is 65.9 Å². The highest BCUT2D eigenvalue weighted by atomic mass is 16.6. The van der Waals surface area contributed by atoms with Crippen LogP contribution >= 0.6 is 0 Å². The van der Waals surface area contributed by atoms with Crippen molar-refractivity contribution in [2.45, 2.75) is 96.8 Å². The van der Waals surface area contributed by atoms with Crippen LogP contribution in [0.15, 0.2) is 18.2 Å². The normalized spacial score (nSPS) is 11.5. The number of aliphatic hydroxyl groups excluding tert-OH is 2. The Morgan fingerprint density at radius 2 is 1.02 bits per heavy atom. The summed E-state index contributed by atoms with van der Waals surface area (Å²) in [5.74, 6) is 1.58. The van der Waals surface area contributed by atoms with Crippen LogP contribution < -0.4 is 9.47 Å². The fourth-order valence-corrected chi connectivity index (χ4v) is 4.88. The summed E-state index contributed by atoms with van der Waals surface area (Å²) in [6, 6.07) is 6.16. The fourth-order valence-electron chi connectivity index (χ4n) is 4.88. The van der Waals surface area contributed by atoms with Crippen LogP contribution in [0.25, 0.3) is 0 Å². The number of hydrogen-bond donors (Lipinski definition) is 2. The van der Waals surface area contributed by atoms with Gasteiger partial charge in [-0.1, -0.05) is 84.0 Å². The Bertz CT molecular complexity index is 700. The molecule has 1 aromatic rings. The van der Waals surface area contributed by atoms with E-state index in [2.05, 4.69) is 19.1 Å². The zero-order valence-corrected chi connectivity index (χ0v) is 27.0. The van der Waals surface area contributed by atoms with E-state index in [0.717, 1.165) is 24.3 Å².